The molecule has 0 aromatic carbocycles. The van der Waals surface area contributed by atoms with Gasteiger partial charge in [-0.25, -0.2) is 4.79 Å². The first kappa shape index (κ1) is 12.2. The summed E-state index contributed by atoms with van der Waals surface area (Å²) in [5.74, 6) is 0.551. The van der Waals surface area contributed by atoms with Gasteiger partial charge in [0, 0.05) is 31.6 Å². The zero-order valence-electron chi connectivity index (χ0n) is 10.4. The highest BCUT2D eigenvalue weighted by molar-refractivity contribution is 5.80. The van der Waals surface area contributed by atoms with Crippen molar-refractivity contribution in [1.82, 2.24) is 15.5 Å². The van der Waals surface area contributed by atoms with Gasteiger partial charge in [-0.2, -0.15) is 0 Å². The fraction of sp³-hybridized carbons (Fsp3) is 0.833. The molecule has 1 atom stereocenters. The van der Waals surface area contributed by atoms with E-state index >= 15 is 0 Å². The number of nitrogens with one attached hydrogen (secondary N) is 2. The lowest BCUT2D eigenvalue weighted by Gasteiger charge is -2.29. The van der Waals surface area contributed by atoms with E-state index in [-0.39, 0.29) is 23.9 Å². The van der Waals surface area contributed by atoms with Crippen molar-refractivity contribution in [2.75, 3.05) is 19.6 Å². The quantitative estimate of drug-likeness (QED) is 0.762. The van der Waals surface area contributed by atoms with E-state index in [1.54, 1.807) is 0 Å². The largest absolute Gasteiger partial charge is 0.340 e. The van der Waals surface area contributed by atoms with Gasteiger partial charge in [-0.15, -0.1) is 0 Å². The lowest BCUT2D eigenvalue weighted by molar-refractivity contribution is -0.137. The fourth-order valence-electron chi connectivity index (χ4n) is 2.39. The van der Waals surface area contributed by atoms with Gasteiger partial charge in [0.15, 0.2) is 0 Å². The molecule has 17 heavy (non-hydrogen) atoms. The van der Waals surface area contributed by atoms with Gasteiger partial charge in [-0.05, 0) is 26.2 Å². The number of likely N-dealkylation sites (tertiary alicyclic amines) is 1. The van der Waals surface area contributed by atoms with Gasteiger partial charge < -0.3 is 15.5 Å². The monoisotopic (exact) mass is 239 g/mol. The predicted molar refractivity (Wildman–Crippen MR) is 64.5 cm³/mol. The summed E-state index contributed by atoms with van der Waals surface area (Å²) in [6.07, 6.45) is 4.15. The Hall–Kier alpha value is -1.26. The molecule has 1 aliphatic heterocycles. The molecule has 0 spiro atoms. The molecule has 0 aromatic rings. The molecule has 1 saturated carbocycles. The number of nitrogens with zero attached hydrogens (tertiary/aromatic N) is 1. The van der Waals surface area contributed by atoms with E-state index in [1.807, 2.05) is 11.8 Å². The van der Waals surface area contributed by atoms with Crippen molar-refractivity contribution in [1.29, 1.82) is 0 Å². The zero-order chi connectivity index (χ0) is 12.3. The molecule has 1 heterocycles. The summed E-state index contributed by atoms with van der Waals surface area (Å²) >= 11 is 0. The molecule has 5 nitrogen and oxygen atoms in total. The second-order valence-corrected chi connectivity index (χ2v) is 4.90. The third-order valence-corrected chi connectivity index (χ3v) is 3.63. The maximum Gasteiger partial charge on any atom is 0.315 e. The standard InChI is InChI=1S/C12H21N3O2/c1-2-13-12(17)14-10-6-7-15(8-10)11(16)9-4-3-5-9/h9-10H,2-8H2,1H3,(H2,13,14,17)/t10-/m1/s1. The molecule has 1 saturated heterocycles. The minimum Gasteiger partial charge on any atom is -0.340 e. The Kier molecular flexibility index (Phi) is 3.86. The van der Waals surface area contributed by atoms with Crippen LogP contribution in [0.25, 0.3) is 0 Å². The van der Waals surface area contributed by atoms with E-state index in [0.717, 1.165) is 25.8 Å². The number of hydrogen-bond donors (Lipinski definition) is 2. The van der Waals surface area contributed by atoms with Crippen LogP contribution in [0.4, 0.5) is 4.79 Å². The number of carbonyl (C=O) groups excluding carboxylic acids is 2. The molecule has 96 valence electrons. The average molecular weight is 239 g/mol. The maximum atomic E-state index is 12.0. The molecule has 5 heteroatoms. The van der Waals surface area contributed by atoms with E-state index in [1.165, 1.54) is 6.42 Å². The highest BCUT2D eigenvalue weighted by Gasteiger charge is 2.33. The van der Waals surface area contributed by atoms with Crippen LogP contribution in [0.2, 0.25) is 0 Å². The highest BCUT2D eigenvalue weighted by atomic mass is 16.2. The minimum atomic E-state index is -0.129. The second-order valence-electron chi connectivity index (χ2n) is 4.90. The Labute approximate surface area is 102 Å². The molecule has 0 aromatic heterocycles. The first-order valence-electron chi connectivity index (χ1n) is 6.54. The van der Waals surface area contributed by atoms with Crippen LogP contribution < -0.4 is 10.6 Å². The van der Waals surface area contributed by atoms with Crippen molar-refractivity contribution in [3.05, 3.63) is 0 Å². The van der Waals surface area contributed by atoms with Crippen molar-refractivity contribution < 1.29 is 9.59 Å². The summed E-state index contributed by atoms with van der Waals surface area (Å²) in [6, 6.07) is -0.0129. The molecule has 1 aliphatic carbocycles. The van der Waals surface area contributed by atoms with Crippen LogP contribution in [0, 0.1) is 5.92 Å². The van der Waals surface area contributed by atoms with E-state index < -0.39 is 0 Å². The van der Waals surface area contributed by atoms with Crippen LogP contribution in [0.5, 0.6) is 0 Å². The molecule has 2 rings (SSSR count). The average Bonchev–Trinajstić information content (AvgIpc) is 2.63. The van der Waals surface area contributed by atoms with Gasteiger partial charge in [0.05, 0.1) is 0 Å². The van der Waals surface area contributed by atoms with E-state index in [0.29, 0.717) is 13.1 Å². The first-order valence-corrected chi connectivity index (χ1v) is 6.54. The summed E-state index contributed by atoms with van der Waals surface area (Å²) in [6.45, 7) is 3.97. The Balaban J connectivity index is 1.74. The van der Waals surface area contributed by atoms with Gasteiger partial charge in [-0.1, -0.05) is 6.42 Å². The van der Waals surface area contributed by atoms with Crippen LogP contribution in [-0.2, 0) is 4.79 Å². The first-order chi connectivity index (χ1) is 8.20. The molecule has 2 N–H and O–H groups in total. The maximum absolute atomic E-state index is 12.0. The Morgan fingerprint density at radius 2 is 2.06 bits per heavy atom. The fourth-order valence-corrected chi connectivity index (χ4v) is 2.39. The van der Waals surface area contributed by atoms with Gasteiger partial charge in [-0.3, -0.25) is 4.79 Å². The highest BCUT2D eigenvalue weighted by Crippen LogP contribution is 2.29. The number of amides is 3. The Morgan fingerprint density at radius 1 is 1.29 bits per heavy atom. The molecular weight excluding hydrogens is 218 g/mol. The molecular formula is C12H21N3O2. The lowest BCUT2D eigenvalue weighted by atomic mass is 9.84. The third-order valence-electron chi connectivity index (χ3n) is 3.63. The van der Waals surface area contributed by atoms with Crippen molar-refractivity contribution in [3.8, 4) is 0 Å². The van der Waals surface area contributed by atoms with Gasteiger partial charge >= 0.3 is 6.03 Å². The molecule has 3 amide bonds. The van der Waals surface area contributed by atoms with E-state index in [9.17, 15) is 9.59 Å². The number of hydrogen-bond acceptors (Lipinski definition) is 2. The third kappa shape index (κ3) is 2.90. The SMILES string of the molecule is CCNC(=O)N[C@@H]1CCN(C(=O)C2CCC2)C1. The van der Waals surface area contributed by atoms with Crippen LogP contribution in [0.3, 0.4) is 0 Å². The molecule has 0 unspecified atom stereocenters. The Bertz CT molecular complexity index is 302. The van der Waals surface area contributed by atoms with Crippen LogP contribution in [-0.4, -0.2) is 42.5 Å². The zero-order valence-corrected chi connectivity index (χ0v) is 10.4. The number of rotatable bonds is 3. The van der Waals surface area contributed by atoms with Crippen molar-refractivity contribution in [2.24, 2.45) is 5.92 Å². The van der Waals surface area contributed by atoms with Crippen LogP contribution in [0.1, 0.15) is 32.6 Å². The second kappa shape index (κ2) is 5.38. The summed E-state index contributed by atoms with van der Waals surface area (Å²) in [7, 11) is 0. The summed E-state index contributed by atoms with van der Waals surface area (Å²) in [5.41, 5.74) is 0. The van der Waals surface area contributed by atoms with Crippen LogP contribution >= 0.6 is 0 Å². The smallest absolute Gasteiger partial charge is 0.315 e. The summed E-state index contributed by atoms with van der Waals surface area (Å²) < 4.78 is 0. The lowest BCUT2D eigenvalue weighted by Crippen LogP contribution is -2.44. The van der Waals surface area contributed by atoms with Crippen LogP contribution in [0.15, 0.2) is 0 Å². The summed E-state index contributed by atoms with van der Waals surface area (Å²) in [5, 5.41) is 5.60. The van der Waals surface area contributed by atoms with Gasteiger partial charge in [0.2, 0.25) is 5.91 Å². The van der Waals surface area contributed by atoms with E-state index in [2.05, 4.69) is 10.6 Å². The topological polar surface area (TPSA) is 61.4 Å². The minimum absolute atomic E-state index is 0.116. The van der Waals surface area contributed by atoms with Gasteiger partial charge in [0.1, 0.15) is 0 Å². The summed E-state index contributed by atoms with van der Waals surface area (Å²) in [4.78, 5) is 25.2. The Morgan fingerprint density at radius 3 is 2.65 bits per heavy atom. The van der Waals surface area contributed by atoms with Crippen molar-refractivity contribution in [3.63, 3.8) is 0 Å². The molecule has 0 radical (unpaired) electrons. The van der Waals surface area contributed by atoms with Crippen molar-refractivity contribution >= 4 is 11.9 Å². The van der Waals surface area contributed by atoms with Crippen molar-refractivity contribution in [2.45, 2.75) is 38.6 Å². The number of urea groups is 1. The molecule has 0 bridgehead atoms. The molecule has 2 aliphatic rings. The molecule has 2 fully saturated rings. The van der Waals surface area contributed by atoms with E-state index in [4.69, 9.17) is 0 Å². The van der Waals surface area contributed by atoms with Gasteiger partial charge in [0.25, 0.3) is 0 Å². The normalized spacial score (nSPS) is 24.3. The number of carbonyl (C=O) groups is 2. The predicted octanol–water partition coefficient (Wildman–Crippen LogP) is 0.706.